The Balaban J connectivity index is 2.03. The second-order valence-electron chi connectivity index (χ2n) is 6.37. The van der Waals surface area contributed by atoms with Crippen molar-refractivity contribution >= 4 is 11.6 Å². The largest absolute Gasteiger partial charge is 0.327 e. The minimum atomic E-state index is -0.162. The Labute approximate surface area is 126 Å². The van der Waals surface area contributed by atoms with Crippen LogP contribution in [0.25, 0.3) is 5.69 Å². The Kier molecular flexibility index (Phi) is 4.48. The standard InChI is InChI=1S/C17H23N3O/c1-17(2,3)15(18)12-16(21)19-13-7-6-8-14(11-13)20-9-4-5-10-20/h4-11,15H,12,18H2,1-3H3,(H,19,21). The number of hydrogen-bond donors (Lipinski definition) is 2. The minimum Gasteiger partial charge on any atom is -0.327 e. The minimum absolute atomic E-state index is 0.0536. The lowest BCUT2D eigenvalue weighted by molar-refractivity contribution is -0.117. The summed E-state index contributed by atoms with van der Waals surface area (Å²) in [6.07, 6.45) is 4.25. The van der Waals surface area contributed by atoms with Gasteiger partial charge in [0.15, 0.2) is 0 Å². The van der Waals surface area contributed by atoms with Gasteiger partial charge in [-0.05, 0) is 35.7 Å². The van der Waals surface area contributed by atoms with Gasteiger partial charge in [0.25, 0.3) is 0 Å². The molecule has 21 heavy (non-hydrogen) atoms. The van der Waals surface area contributed by atoms with E-state index in [1.165, 1.54) is 0 Å². The molecular formula is C17H23N3O. The van der Waals surface area contributed by atoms with Crippen molar-refractivity contribution in [2.75, 3.05) is 5.32 Å². The maximum absolute atomic E-state index is 12.1. The number of carbonyl (C=O) groups excluding carboxylic acids is 1. The van der Waals surface area contributed by atoms with E-state index >= 15 is 0 Å². The molecule has 1 aromatic carbocycles. The third-order valence-corrected chi connectivity index (χ3v) is 3.55. The van der Waals surface area contributed by atoms with Crippen molar-refractivity contribution in [1.82, 2.24) is 4.57 Å². The van der Waals surface area contributed by atoms with E-state index in [4.69, 9.17) is 5.73 Å². The van der Waals surface area contributed by atoms with E-state index in [0.29, 0.717) is 6.42 Å². The number of amides is 1. The van der Waals surface area contributed by atoms with Crippen LogP contribution < -0.4 is 11.1 Å². The summed E-state index contributed by atoms with van der Waals surface area (Å²) < 4.78 is 2.00. The molecule has 3 N–H and O–H groups in total. The molecule has 2 rings (SSSR count). The van der Waals surface area contributed by atoms with Crippen molar-refractivity contribution in [1.29, 1.82) is 0 Å². The lowest BCUT2D eigenvalue weighted by atomic mass is 9.85. The van der Waals surface area contributed by atoms with Crippen LogP contribution in [-0.4, -0.2) is 16.5 Å². The van der Waals surface area contributed by atoms with Gasteiger partial charge in [0.05, 0.1) is 0 Å². The molecule has 0 saturated heterocycles. The summed E-state index contributed by atoms with van der Waals surface area (Å²) in [4.78, 5) is 12.1. The van der Waals surface area contributed by atoms with E-state index in [1.807, 2.05) is 74.1 Å². The highest BCUT2D eigenvalue weighted by Crippen LogP contribution is 2.21. The van der Waals surface area contributed by atoms with E-state index in [1.54, 1.807) is 0 Å². The van der Waals surface area contributed by atoms with Gasteiger partial charge in [-0.1, -0.05) is 26.8 Å². The number of rotatable bonds is 4. The maximum atomic E-state index is 12.1. The highest BCUT2D eigenvalue weighted by Gasteiger charge is 2.23. The molecule has 0 bridgehead atoms. The highest BCUT2D eigenvalue weighted by atomic mass is 16.1. The molecule has 0 spiro atoms. The third-order valence-electron chi connectivity index (χ3n) is 3.55. The summed E-state index contributed by atoms with van der Waals surface area (Å²) in [5, 5.41) is 2.91. The second-order valence-corrected chi connectivity index (χ2v) is 6.37. The van der Waals surface area contributed by atoms with Crippen LogP contribution >= 0.6 is 0 Å². The molecular weight excluding hydrogens is 262 g/mol. The molecule has 1 atom stereocenters. The summed E-state index contributed by atoms with van der Waals surface area (Å²) in [5.74, 6) is -0.0536. The van der Waals surface area contributed by atoms with E-state index in [9.17, 15) is 4.79 Å². The predicted octanol–water partition coefficient (Wildman–Crippen LogP) is 3.18. The normalized spacial score (nSPS) is 13.0. The predicted molar refractivity (Wildman–Crippen MR) is 86.4 cm³/mol. The molecule has 0 aliphatic carbocycles. The molecule has 0 radical (unpaired) electrons. The Morgan fingerprint density at radius 1 is 1.24 bits per heavy atom. The zero-order valence-electron chi connectivity index (χ0n) is 12.8. The maximum Gasteiger partial charge on any atom is 0.225 e. The number of benzene rings is 1. The van der Waals surface area contributed by atoms with E-state index in [2.05, 4.69) is 5.32 Å². The van der Waals surface area contributed by atoms with Crippen LogP contribution in [0.5, 0.6) is 0 Å². The van der Waals surface area contributed by atoms with E-state index in [0.717, 1.165) is 11.4 Å². The molecule has 0 saturated carbocycles. The molecule has 0 fully saturated rings. The highest BCUT2D eigenvalue weighted by molar-refractivity contribution is 5.91. The lowest BCUT2D eigenvalue weighted by Gasteiger charge is -2.26. The molecule has 1 heterocycles. The van der Waals surface area contributed by atoms with Crippen molar-refractivity contribution in [2.45, 2.75) is 33.2 Å². The van der Waals surface area contributed by atoms with Crippen LogP contribution in [0.15, 0.2) is 48.8 Å². The molecule has 0 aliphatic heterocycles. The second kappa shape index (κ2) is 6.14. The number of aromatic nitrogens is 1. The number of anilines is 1. The third kappa shape index (κ3) is 4.20. The fourth-order valence-corrected chi connectivity index (χ4v) is 1.97. The van der Waals surface area contributed by atoms with Gasteiger partial charge in [-0.25, -0.2) is 0 Å². The van der Waals surface area contributed by atoms with Crippen LogP contribution in [0.2, 0.25) is 0 Å². The molecule has 1 unspecified atom stereocenters. The van der Waals surface area contributed by atoms with Gasteiger partial charge in [0.2, 0.25) is 5.91 Å². The number of hydrogen-bond acceptors (Lipinski definition) is 2. The molecule has 2 aromatic rings. The summed E-state index contributed by atoms with van der Waals surface area (Å²) in [6, 6.07) is 11.5. The molecule has 4 nitrogen and oxygen atoms in total. The Morgan fingerprint density at radius 2 is 1.90 bits per heavy atom. The first kappa shape index (κ1) is 15.3. The summed E-state index contributed by atoms with van der Waals surface area (Å²) in [7, 11) is 0. The molecule has 1 aromatic heterocycles. The van der Waals surface area contributed by atoms with Gasteiger partial charge in [-0.3, -0.25) is 4.79 Å². The van der Waals surface area contributed by atoms with Crippen molar-refractivity contribution in [2.24, 2.45) is 11.1 Å². The van der Waals surface area contributed by atoms with Crippen molar-refractivity contribution < 1.29 is 4.79 Å². The topological polar surface area (TPSA) is 60.1 Å². The molecule has 1 amide bonds. The first-order chi connectivity index (χ1) is 9.86. The smallest absolute Gasteiger partial charge is 0.225 e. The zero-order valence-corrected chi connectivity index (χ0v) is 12.8. The number of nitrogens with one attached hydrogen (secondary N) is 1. The van der Waals surface area contributed by atoms with Crippen LogP contribution in [-0.2, 0) is 4.79 Å². The van der Waals surface area contributed by atoms with Gasteiger partial charge < -0.3 is 15.6 Å². The van der Waals surface area contributed by atoms with Gasteiger partial charge in [0, 0.05) is 36.2 Å². The lowest BCUT2D eigenvalue weighted by Crippen LogP contribution is -2.38. The van der Waals surface area contributed by atoms with Gasteiger partial charge >= 0.3 is 0 Å². The van der Waals surface area contributed by atoms with E-state index < -0.39 is 0 Å². The average Bonchev–Trinajstić information content (AvgIpc) is 2.91. The van der Waals surface area contributed by atoms with E-state index in [-0.39, 0.29) is 17.4 Å². The zero-order chi connectivity index (χ0) is 15.5. The SMILES string of the molecule is CC(C)(C)C(N)CC(=O)Nc1cccc(-n2cccc2)c1. The quantitative estimate of drug-likeness (QED) is 0.906. The summed E-state index contributed by atoms with van der Waals surface area (Å²) in [5.41, 5.74) is 7.76. The fourth-order valence-electron chi connectivity index (χ4n) is 1.97. The average molecular weight is 285 g/mol. The number of carbonyl (C=O) groups is 1. The Morgan fingerprint density at radius 3 is 2.52 bits per heavy atom. The van der Waals surface area contributed by atoms with Crippen LogP contribution in [0.4, 0.5) is 5.69 Å². The first-order valence-corrected chi connectivity index (χ1v) is 7.15. The summed E-state index contributed by atoms with van der Waals surface area (Å²) >= 11 is 0. The fraction of sp³-hybridized carbons (Fsp3) is 0.353. The van der Waals surface area contributed by atoms with Crippen LogP contribution in [0.1, 0.15) is 27.2 Å². The van der Waals surface area contributed by atoms with Crippen molar-refractivity contribution in [3.05, 3.63) is 48.8 Å². The van der Waals surface area contributed by atoms with Gasteiger partial charge in [-0.15, -0.1) is 0 Å². The molecule has 112 valence electrons. The molecule has 0 aliphatic rings. The van der Waals surface area contributed by atoms with Gasteiger partial charge in [-0.2, -0.15) is 0 Å². The van der Waals surface area contributed by atoms with Crippen molar-refractivity contribution in [3.63, 3.8) is 0 Å². The number of nitrogens with two attached hydrogens (primary N) is 1. The van der Waals surface area contributed by atoms with Crippen LogP contribution in [0, 0.1) is 5.41 Å². The molecule has 4 heteroatoms. The summed E-state index contributed by atoms with van der Waals surface area (Å²) in [6.45, 7) is 6.12. The Hall–Kier alpha value is -2.07. The van der Waals surface area contributed by atoms with Gasteiger partial charge in [0.1, 0.15) is 0 Å². The van der Waals surface area contributed by atoms with Crippen LogP contribution in [0.3, 0.4) is 0 Å². The van der Waals surface area contributed by atoms with Crippen molar-refractivity contribution in [3.8, 4) is 5.69 Å². The number of nitrogens with zero attached hydrogens (tertiary/aromatic N) is 1. The first-order valence-electron chi connectivity index (χ1n) is 7.15. The monoisotopic (exact) mass is 285 g/mol. The Bertz CT molecular complexity index is 597.